The van der Waals surface area contributed by atoms with Gasteiger partial charge in [-0.25, -0.2) is 14.8 Å². The molecule has 3 heterocycles. The SMILES string of the molecule is CCc1cnn2c(NCc3ccccc3F)cc(NNC3CCNCC3)nc12. The van der Waals surface area contributed by atoms with E-state index in [1.54, 1.807) is 16.6 Å². The van der Waals surface area contributed by atoms with E-state index in [1.165, 1.54) is 6.07 Å². The third-order valence-corrected chi connectivity index (χ3v) is 5.09. The van der Waals surface area contributed by atoms with Crippen molar-refractivity contribution in [2.75, 3.05) is 23.8 Å². The minimum atomic E-state index is -0.221. The second-order valence-corrected chi connectivity index (χ2v) is 7.02. The Morgan fingerprint density at radius 2 is 2.04 bits per heavy atom. The Hall–Kier alpha value is -2.71. The molecule has 0 aliphatic carbocycles. The fourth-order valence-electron chi connectivity index (χ4n) is 3.42. The molecule has 0 radical (unpaired) electrons. The van der Waals surface area contributed by atoms with Gasteiger partial charge in [-0.15, -0.1) is 0 Å². The van der Waals surface area contributed by atoms with Gasteiger partial charge < -0.3 is 16.1 Å². The highest BCUT2D eigenvalue weighted by Gasteiger charge is 2.14. The zero-order valence-electron chi connectivity index (χ0n) is 16.0. The molecular weight excluding hydrogens is 357 g/mol. The zero-order valence-corrected chi connectivity index (χ0v) is 16.0. The van der Waals surface area contributed by atoms with Gasteiger partial charge in [0.05, 0.1) is 6.20 Å². The summed E-state index contributed by atoms with van der Waals surface area (Å²) in [6.07, 6.45) is 4.82. The number of hydrazine groups is 1. The number of hydrogen-bond acceptors (Lipinski definition) is 6. The standard InChI is InChI=1S/C20H26FN7/c1-2-14-13-24-28-19(23-12-15-5-3-4-6-17(15)21)11-18(25-20(14)28)27-26-16-7-9-22-10-8-16/h3-6,11,13,16,22-23,26H,2,7-10,12H2,1H3,(H,25,27). The summed E-state index contributed by atoms with van der Waals surface area (Å²) in [5.41, 5.74) is 9.11. The van der Waals surface area contributed by atoms with Crippen LogP contribution in [-0.2, 0) is 13.0 Å². The lowest BCUT2D eigenvalue weighted by molar-refractivity contribution is 0.407. The molecule has 0 atom stereocenters. The Kier molecular flexibility index (Phi) is 5.68. The first-order valence-electron chi connectivity index (χ1n) is 9.82. The lowest BCUT2D eigenvalue weighted by Crippen LogP contribution is -2.42. The van der Waals surface area contributed by atoms with Gasteiger partial charge in [0, 0.05) is 29.8 Å². The van der Waals surface area contributed by atoms with E-state index in [4.69, 9.17) is 4.98 Å². The minimum absolute atomic E-state index is 0.221. The largest absolute Gasteiger partial charge is 0.366 e. The molecule has 0 amide bonds. The van der Waals surface area contributed by atoms with Crippen LogP contribution in [0.3, 0.4) is 0 Å². The number of piperidine rings is 1. The Labute approximate surface area is 163 Å². The lowest BCUT2D eigenvalue weighted by atomic mass is 10.1. The summed E-state index contributed by atoms with van der Waals surface area (Å²) in [6.45, 7) is 4.49. The summed E-state index contributed by atoms with van der Waals surface area (Å²) in [5.74, 6) is 1.26. The maximum atomic E-state index is 14.0. The molecule has 4 N–H and O–H groups in total. The summed E-state index contributed by atoms with van der Waals surface area (Å²) in [6, 6.07) is 9.08. The average molecular weight is 383 g/mol. The van der Waals surface area contributed by atoms with Crippen LogP contribution in [0.5, 0.6) is 0 Å². The van der Waals surface area contributed by atoms with Gasteiger partial charge in [0.25, 0.3) is 0 Å². The number of aromatic nitrogens is 3. The van der Waals surface area contributed by atoms with Crippen LogP contribution < -0.4 is 21.5 Å². The Bertz CT molecular complexity index is 933. The first kappa shape index (κ1) is 18.6. The van der Waals surface area contributed by atoms with Gasteiger partial charge >= 0.3 is 0 Å². The molecule has 0 spiro atoms. The molecule has 0 saturated carbocycles. The highest BCUT2D eigenvalue weighted by atomic mass is 19.1. The van der Waals surface area contributed by atoms with E-state index in [1.807, 2.05) is 18.3 Å². The van der Waals surface area contributed by atoms with E-state index in [0.29, 0.717) is 18.2 Å². The van der Waals surface area contributed by atoms with Crippen molar-refractivity contribution in [1.82, 2.24) is 25.3 Å². The number of halogens is 1. The average Bonchev–Trinajstić information content (AvgIpc) is 3.15. The fraction of sp³-hybridized carbons (Fsp3) is 0.400. The van der Waals surface area contributed by atoms with Crippen molar-refractivity contribution in [3.8, 4) is 0 Å². The third kappa shape index (κ3) is 4.07. The van der Waals surface area contributed by atoms with E-state index in [2.05, 4.69) is 33.5 Å². The number of benzene rings is 1. The van der Waals surface area contributed by atoms with Gasteiger partial charge in [0.2, 0.25) is 0 Å². The van der Waals surface area contributed by atoms with Crippen molar-refractivity contribution in [2.24, 2.45) is 0 Å². The van der Waals surface area contributed by atoms with Gasteiger partial charge in [-0.2, -0.15) is 9.61 Å². The van der Waals surface area contributed by atoms with Gasteiger partial charge in [-0.1, -0.05) is 25.1 Å². The van der Waals surface area contributed by atoms with Gasteiger partial charge in [-0.3, -0.25) is 0 Å². The molecular formula is C20H26FN7. The molecule has 148 valence electrons. The second-order valence-electron chi connectivity index (χ2n) is 7.02. The molecule has 28 heavy (non-hydrogen) atoms. The number of fused-ring (bicyclic) bond motifs is 1. The molecule has 8 heteroatoms. The maximum Gasteiger partial charge on any atom is 0.162 e. The van der Waals surface area contributed by atoms with Crippen LogP contribution in [0.25, 0.3) is 5.65 Å². The van der Waals surface area contributed by atoms with Gasteiger partial charge in [0.1, 0.15) is 17.5 Å². The molecule has 1 saturated heterocycles. The normalized spacial score (nSPS) is 15.1. The quantitative estimate of drug-likeness (QED) is 0.470. The fourth-order valence-corrected chi connectivity index (χ4v) is 3.42. The summed E-state index contributed by atoms with van der Waals surface area (Å²) < 4.78 is 15.7. The molecule has 0 bridgehead atoms. The summed E-state index contributed by atoms with van der Waals surface area (Å²) in [7, 11) is 0. The van der Waals surface area contributed by atoms with Crippen molar-refractivity contribution in [1.29, 1.82) is 0 Å². The number of anilines is 2. The van der Waals surface area contributed by atoms with Crippen LogP contribution in [0, 0.1) is 5.82 Å². The van der Waals surface area contributed by atoms with Crippen LogP contribution in [-0.4, -0.2) is 33.7 Å². The molecule has 7 nitrogen and oxygen atoms in total. The highest BCUT2D eigenvalue weighted by Crippen LogP contribution is 2.20. The van der Waals surface area contributed by atoms with E-state index in [0.717, 1.165) is 55.2 Å². The van der Waals surface area contributed by atoms with Crippen molar-refractivity contribution >= 4 is 17.3 Å². The smallest absolute Gasteiger partial charge is 0.162 e. The summed E-state index contributed by atoms with van der Waals surface area (Å²) in [4.78, 5) is 4.72. The zero-order chi connectivity index (χ0) is 19.3. The Morgan fingerprint density at radius 3 is 2.82 bits per heavy atom. The Balaban J connectivity index is 1.56. The number of aryl methyl sites for hydroxylation is 1. The molecule has 0 unspecified atom stereocenters. The van der Waals surface area contributed by atoms with Crippen LogP contribution in [0.15, 0.2) is 36.5 Å². The van der Waals surface area contributed by atoms with Crippen LogP contribution in [0.2, 0.25) is 0 Å². The number of rotatable bonds is 7. The van der Waals surface area contributed by atoms with Gasteiger partial charge in [0.15, 0.2) is 5.65 Å². The highest BCUT2D eigenvalue weighted by molar-refractivity contribution is 5.60. The summed E-state index contributed by atoms with van der Waals surface area (Å²) >= 11 is 0. The molecule has 2 aromatic heterocycles. The molecule has 3 aromatic rings. The number of nitrogens with one attached hydrogen (secondary N) is 4. The van der Waals surface area contributed by atoms with Crippen LogP contribution in [0.4, 0.5) is 16.0 Å². The van der Waals surface area contributed by atoms with Crippen molar-refractivity contribution in [3.63, 3.8) is 0 Å². The van der Waals surface area contributed by atoms with Crippen molar-refractivity contribution in [2.45, 2.75) is 38.8 Å². The molecule has 4 rings (SSSR count). The second kappa shape index (κ2) is 8.53. The van der Waals surface area contributed by atoms with Crippen LogP contribution >= 0.6 is 0 Å². The monoisotopic (exact) mass is 383 g/mol. The van der Waals surface area contributed by atoms with Crippen molar-refractivity contribution in [3.05, 3.63) is 53.5 Å². The molecule has 1 aliphatic rings. The van der Waals surface area contributed by atoms with Crippen LogP contribution in [0.1, 0.15) is 30.9 Å². The summed E-state index contributed by atoms with van der Waals surface area (Å²) in [5, 5.41) is 11.1. The first-order valence-corrected chi connectivity index (χ1v) is 9.82. The van der Waals surface area contributed by atoms with Gasteiger partial charge in [-0.05, 0) is 38.4 Å². The predicted octanol–water partition coefficient (Wildman–Crippen LogP) is 2.71. The minimum Gasteiger partial charge on any atom is -0.366 e. The van der Waals surface area contributed by atoms with E-state index < -0.39 is 0 Å². The van der Waals surface area contributed by atoms with E-state index in [-0.39, 0.29) is 5.82 Å². The molecule has 1 aliphatic heterocycles. The molecule has 1 aromatic carbocycles. The maximum absolute atomic E-state index is 14.0. The first-order chi connectivity index (χ1) is 13.7. The Morgan fingerprint density at radius 1 is 1.21 bits per heavy atom. The van der Waals surface area contributed by atoms with E-state index in [9.17, 15) is 4.39 Å². The third-order valence-electron chi connectivity index (χ3n) is 5.09. The van der Waals surface area contributed by atoms with Crippen molar-refractivity contribution < 1.29 is 4.39 Å². The predicted molar refractivity (Wildman–Crippen MR) is 109 cm³/mol. The topological polar surface area (TPSA) is 78.3 Å². The lowest BCUT2D eigenvalue weighted by Gasteiger charge is -2.24. The number of nitrogens with zero attached hydrogens (tertiary/aromatic N) is 3. The van der Waals surface area contributed by atoms with E-state index >= 15 is 0 Å². The number of hydrogen-bond donors (Lipinski definition) is 4. The molecule has 1 fully saturated rings.